The highest BCUT2D eigenvalue weighted by atomic mass is 16.5. The predicted molar refractivity (Wildman–Crippen MR) is 65.4 cm³/mol. The van der Waals surface area contributed by atoms with Crippen LogP contribution in [0.2, 0.25) is 0 Å². The van der Waals surface area contributed by atoms with Crippen LogP contribution in [0.4, 0.5) is 0 Å². The summed E-state index contributed by atoms with van der Waals surface area (Å²) < 4.78 is 7.04. The Morgan fingerprint density at radius 3 is 2.65 bits per heavy atom. The van der Waals surface area contributed by atoms with E-state index in [1.807, 2.05) is 42.5 Å². The molecule has 0 spiro atoms. The first-order valence-corrected chi connectivity index (χ1v) is 5.33. The van der Waals surface area contributed by atoms with Crippen LogP contribution < -0.4 is 4.74 Å². The Morgan fingerprint density at radius 2 is 1.88 bits per heavy atom. The van der Waals surface area contributed by atoms with Crippen molar-refractivity contribution >= 4 is 11.0 Å². The Labute approximate surface area is 98.5 Å². The van der Waals surface area contributed by atoms with Gasteiger partial charge in [0.1, 0.15) is 0 Å². The van der Waals surface area contributed by atoms with Crippen molar-refractivity contribution in [3.8, 4) is 11.6 Å². The maximum absolute atomic E-state index is 5.26. The molecule has 4 heteroatoms. The SMILES string of the molecule is COc1nn(-c2ccccc2)c2ncccc12. The molecule has 0 aliphatic carbocycles. The molecule has 3 rings (SSSR count). The molecule has 0 fully saturated rings. The number of pyridine rings is 1. The second kappa shape index (κ2) is 3.90. The molecule has 0 atom stereocenters. The molecular weight excluding hydrogens is 214 g/mol. The number of fused-ring (bicyclic) bond motifs is 1. The van der Waals surface area contributed by atoms with Gasteiger partial charge in [-0.25, -0.2) is 9.67 Å². The molecule has 2 aromatic heterocycles. The predicted octanol–water partition coefficient (Wildman–Crippen LogP) is 2.43. The van der Waals surface area contributed by atoms with Gasteiger partial charge in [-0.1, -0.05) is 18.2 Å². The molecule has 0 unspecified atom stereocenters. The van der Waals surface area contributed by atoms with Crippen LogP contribution in [0.25, 0.3) is 16.7 Å². The minimum Gasteiger partial charge on any atom is -0.479 e. The molecule has 0 aliphatic heterocycles. The zero-order valence-electron chi connectivity index (χ0n) is 9.37. The van der Waals surface area contributed by atoms with E-state index < -0.39 is 0 Å². The maximum atomic E-state index is 5.26. The summed E-state index contributed by atoms with van der Waals surface area (Å²) in [4.78, 5) is 4.35. The van der Waals surface area contributed by atoms with Crippen LogP contribution in [0.15, 0.2) is 48.7 Å². The van der Waals surface area contributed by atoms with Gasteiger partial charge in [0.15, 0.2) is 5.65 Å². The van der Waals surface area contributed by atoms with Crippen LogP contribution in [-0.4, -0.2) is 21.9 Å². The van der Waals surface area contributed by atoms with Crippen molar-refractivity contribution in [2.75, 3.05) is 7.11 Å². The van der Waals surface area contributed by atoms with E-state index >= 15 is 0 Å². The fraction of sp³-hybridized carbons (Fsp3) is 0.0769. The average Bonchev–Trinajstić information content (AvgIpc) is 2.78. The third kappa shape index (κ3) is 1.54. The summed E-state index contributed by atoms with van der Waals surface area (Å²) in [5.74, 6) is 0.594. The van der Waals surface area contributed by atoms with Crippen molar-refractivity contribution in [3.63, 3.8) is 0 Å². The summed E-state index contributed by atoms with van der Waals surface area (Å²) in [7, 11) is 1.62. The summed E-state index contributed by atoms with van der Waals surface area (Å²) in [6, 6.07) is 13.7. The summed E-state index contributed by atoms with van der Waals surface area (Å²) in [5, 5.41) is 5.33. The number of benzene rings is 1. The van der Waals surface area contributed by atoms with Crippen molar-refractivity contribution in [3.05, 3.63) is 48.7 Å². The van der Waals surface area contributed by atoms with Crippen LogP contribution in [0.5, 0.6) is 5.88 Å². The van der Waals surface area contributed by atoms with Crippen LogP contribution in [0, 0.1) is 0 Å². The summed E-state index contributed by atoms with van der Waals surface area (Å²) in [6.07, 6.45) is 1.75. The lowest BCUT2D eigenvalue weighted by molar-refractivity contribution is 0.398. The highest BCUT2D eigenvalue weighted by Gasteiger charge is 2.12. The molecule has 0 saturated carbocycles. The van der Waals surface area contributed by atoms with E-state index in [2.05, 4.69) is 10.1 Å². The van der Waals surface area contributed by atoms with Gasteiger partial charge < -0.3 is 4.74 Å². The van der Waals surface area contributed by atoms with E-state index in [0.29, 0.717) is 5.88 Å². The largest absolute Gasteiger partial charge is 0.479 e. The zero-order valence-corrected chi connectivity index (χ0v) is 9.37. The topological polar surface area (TPSA) is 39.9 Å². The molecule has 1 aromatic carbocycles. The van der Waals surface area contributed by atoms with Crippen molar-refractivity contribution in [1.82, 2.24) is 14.8 Å². The Morgan fingerprint density at radius 1 is 1.06 bits per heavy atom. The molecule has 0 N–H and O–H groups in total. The van der Waals surface area contributed by atoms with Gasteiger partial charge in [-0.05, 0) is 24.3 Å². The van der Waals surface area contributed by atoms with E-state index in [1.54, 1.807) is 18.0 Å². The van der Waals surface area contributed by atoms with Gasteiger partial charge in [0.05, 0.1) is 18.2 Å². The standard InChI is InChI=1S/C13H11N3O/c1-17-13-11-8-5-9-14-12(11)16(15-13)10-6-3-2-4-7-10/h2-9H,1H3. The molecule has 84 valence electrons. The molecule has 0 amide bonds. The van der Waals surface area contributed by atoms with Crippen LogP contribution in [0.1, 0.15) is 0 Å². The smallest absolute Gasteiger partial charge is 0.242 e. The number of hydrogen-bond donors (Lipinski definition) is 0. The Hall–Kier alpha value is -2.36. The number of ether oxygens (including phenoxy) is 1. The first-order valence-electron chi connectivity index (χ1n) is 5.33. The third-order valence-electron chi connectivity index (χ3n) is 2.60. The van der Waals surface area contributed by atoms with Crippen molar-refractivity contribution < 1.29 is 4.74 Å². The quantitative estimate of drug-likeness (QED) is 0.672. The number of hydrogen-bond acceptors (Lipinski definition) is 3. The number of para-hydroxylation sites is 1. The van der Waals surface area contributed by atoms with Gasteiger partial charge in [-0.15, -0.1) is 5.10 Å². The minimum absolute atomic E-state index is 0.594. The highest BCUT2D eigenvalue weighted by molar-refractivity contribution is 5.82. The van der Waals surface area contributed by atoms with Gasteiger partial charge in [0.2, 0.25) is 5.88 Å². The third-order valence-corrected chi connectivity index (χ3v) is 2.60. The molecule has 0 bridgehead atoms. The van der Waals surface area contributed by atoms with E-state index in [4.69, 9.17) is 4.74 Å². The second-order valence-corrected chi connectivity index (χ2v) is 3.63. The van der Waals surface area contributed by atoms with Crippen LogP contribution in [0.3, 0.4) is 0 Å². The van der Waals surface area contributed by atoms with Gasteiger partial charge in [-0.3, -0.25) is 0 Å². The molecule has 0 aliphatic rings. The molecule has 2 heterocycles. The highest BCUT2D eigenvalue weighted by Crippen LogP contribution is 2.24. The second-order valence-electron chi connectivity index (χ2n) is 3.63. The number of nitrogens with zero attached hydrogens (tertiary/aromatic N) is 3. The average molecular weight is 225 g/mol. The summed E-state index contributed by atoms with van der Waals surface area (Å²) in [6.45, 7) is 0. The zero-order chi connectivity index (χ0) is 11.7. The molecule has 0 saturated heterocycles. The first-order chi connectivity index (χ1) is 8.40. The maximum Gasteiger partial charge on any atom is 0.242 e. The van der Waals surface area contributed by atoms with Crippen molar-refractivity contribution in [2.24, 2.45) is 0 Å². The van der Waals surface area contributed by atoms with E-state index in [1.165, 1.54) is 0 Å². The molecular formula is C13H11N3O. The van der Waals surface area contributed by atoms with E-state index in [9.17, 15) is 0 Å². The fourth-order valence-corrected chi connectivity index (χ4v) is 1.82. The molecule has 3 aromatic rings. The normalized spacial score (nSPS) is 10.6. The number of aromatic nitrogens is 3. The van der Waals surface area contributed by atoms with Crippen LogP contribution >= 0.6 is 0 Å². The van der Waals surface area contributed by atoms with Gasteiger partial charge in [-0.2, -0.15) is 0 Å². The minimum atomic E-state index is 0.594. The number of rotatable bonds is 2. The van der Waals surface area contributed by atoms with Gasteiger partial charge in [0.25, 0.3) is 0 Å². The summed E-state index contributed by atoms with van der Waals surface area (Å²) >= 11 is 0. The lowest BCUT2D eigenvalue weighted by atomic mass is 10.3. The van der Waals surface area contributed by atoms with Crippen molar-refractivity contribution in [1.29, 1.82) is 0 Å². The molecule has 0 radical (unpaired) electrons. The fourth-order valence-electron chi connectivity index (χ4n) is 1.82. The van der Waals surface area contributed by atoms with Crippen molar-refractivity contribution in [2.45, 2.75) is 0 Å². The van der Waals surface area contributed by atoms with Gasteiger partial charge in [0, 0.05) is 6.20 Å². The lowest BCUT2D eigenvalue weighted by Gasteiger charge is -2.00. The Bertz CT molecular complexity index is 646. The Kier molecular flexibility index (Phi) is 2.26. The monoisotopic (exact) mass is 225 g/mol. The van der Waals surface area contributed by atoms with E-state index in [-0.39, 0.29) is 0 Å². The Balaban J connectivity index is 2.31. The summed E-state index contributed by atoms with van der Waals surface area (Å²) in [5.41, 5.74) is 1.77. The van der Waals surface area contributed by atoms with Crippen LogP contribution in [-0.2, 0) is 0 Å². The first kappa shape index (κ1) is 9.84. The number of methoxy groups -OCH3 is 1. The van der Waals surface area contributed by atoms with E-state index in [0.717, 1.165) is 16.7 Å². The molecule has 17 heavy (non-hydrogen) atoms. The molecule has 4 nitrogen and oxygen atoms in total. The lowest BCUT2D eigenvalue weighted by Crippen LogP contribution is -1.97. The van der Waals surface area contributed by atoms with Gasteiger partial charge >= 0.3 is 0 Å².